The Bertz CT molecular complexity index is 741. The zero-order valence-electron chi connectivity index (χ0n) is 13.7. The Kier molecular flexibility index (Phi) is 6.16. The molecule has 0 amide bonds. The van der Waals surface area contributed by atoms with E-state index in [1.807, 2.05) is 36.4 Å². The molecular formula is C20H19NO3. The van der Waals surface area contributed by atoms with E-state index in [4.69, 9.17) is 14.7 Å². The summed E-state index contributed by atoms with van der Waals surface area (Å²) >= 11 is 0. The van der Waals surface area contributed by atoms with Crippen molar-refractivity contribution in [1.82, 2.24) is 0 Å². The van der Waals surface area contributed by atoms with Crippen molar-refractivity contribution in [2.45, 2.75) is 26.6 Å². The van der Waals surface area contributed by atoms with Crippen LogP contribution in [0.1, 0.15) is 25.0 Å². The minimum absolute atomic E-state index is 0.0262. The lowest BCUT2D eigenvalue weighted by molar-refractivity contribution is -0.142. The Labute approximate surface area is 141 Å². The molecule has 2 aromatic rings. The van der Waals surface area contributed by atoms with Gasteiger partial charge in [0, 0.05) is 0 Å². The van der Waals surface area contributed by atoms with Crippen molar-refractivity contribution in [2.24, 2.45) is 0 Å². The van der Waals surface area contributed by atoms with Crippen LogP contribution in [0.5, 0.6) is 5.75 Å². The van der Waals surface area contributed by atoms with Crippen LogP contribution >= 0.6 is 0 Å². The normalized spacial score (nSPS) is 11.0. The first-order chi connectivity index (χ1) is 11.6. The third-order valence-corrected chi connectivity index (χ3v) is 3.12. The monoisotopic (exact) mass is 321 g/mol. The smallest absolute Gasteiger partial charge is 0.349 e. The number of rotatable bonds is 6. The topological polar surface area (TPSA) is 59.3 Å². The molecular weight excluding hydrogens is 302 g/mol. The number of carbonyl (C=O) groups is 1. The quantitative estimate of drug-likeness (QED) is 0.456. The van der Waals surface area contributed by atoms with Gasteiger partial charge in [0.25, 0.3) is 0 Å². The molecule has 0 saturated heterocycles. The van der Waals surface area contributed by atoms with E-state index in [1.165, 1.54) is 6.08 Å². The van der Waals surface area contributed by atoms with Gasteiger partial charge in [0.05, 0.1) is 6.10 Å². The highest BCUT2D eigenvalue weighted by Gasteiger charge is 2.12. The predicted molar refractivity (Wildman–Crippen MR) is 92.0 cm³/mol. The summed E-state index contributed by atoms with van der Waals surface area (Å²) in [6.45, 7) is 3.97. The summed E-state index contributed by atoms with van der Waals surface area (Å²) in [5.41, 5.74) is 1.80. The van der Waals surface area contributed by atoms with E-state index < -0.39 is 5.97 Å². The summed E-state index contributed by atoms with van der Waals surface area (Å²) < 4.78 is 10.7. The maximum Gasteiger partial charge on any atom is 0.349 e. The molecule has 0 fully saturated rings. The fourth-order valence-electron chi connectivity index (χ4n) is 1.98. The van der Waals surface area contributed by atoms with Gasteiger partial charge < -0.3 is 9.47 Å². The van der Waals surface area contributed by atoms with Crippen LogP contribution in [-0.4, -0.2) is 12.1 Å². The molecule has 2 aromatic carbocycles. The molecule has 0 spiro atoms. The average Bonchev–Trinajstić information content (AvgIpc) is 2.59. The van der Waals surface area contributed by atoms with Gasteiger partial charge in [-0.2, -0.15) is 5.26 Å². The fraction of sp³-hybridized carbons (Fsp3) is 0.200. The van der Waals surface area contributed by atoms with Crippen LogP contribution in [0.2, 0.25) is 0 Å². The number of hydrogen-bond donors (Lipinski definition) is 0. The van der Waals surface area contributed by atoms with Crippen molar-refractivity contribution < 1.29 is 14.3 Å². The van der Waals surface area contributed by atoms with Crippen LogP contribution < -0.4 is 4.74 Å². The molecule has 0 N–H and O–H groups in total. The first-order valence-electron chi connectivity index (χ1n) is 7.68. The average molecular weight is 321 g/mol. The van der Waals surface area contributed by atoms with E-state index in [9.17, 15) is 4.79 Å². The van der Waals surface area contributed by atoms with Crippen molar-refractivity contribution >= 4 is 12.0 Å². The van der Waals surface area contributed by atoms with Crippen LogP contribution in [-0.2, 0) is 16.1 Å². The number of nitrogens with zero attached hydrogens (tertiary/aromatic N) is 1. The van der Waals surface area contributed by atoms with E-state index in [0.29, 0.717) is 6.61 Å². The van der Waals surface area contributed by atoms with Crippen LogP contribution in [0.25, 0.3) is 6.08 Å². The molecule has 0 saturated carbocycles. The van der Waals surface area contributed by atoms with Crippen molar-refractivity contribution in [2.75, 3.05) is 0 Å². The lowest BCUT2D eigenvalue weighted by Gasteiger charge is -2.07. The van der Waals surface area contributed by atoms with Crippen LogP contribution in [0, 0.1) is 11.3 Å². The molecule has 24 heavy (non-hydrogen) atoms. The van der Waals surface area contributed by atoms with Gasteiger partial charge in [-0.15, -0.1) is 0 Å². The molecule has 2 rings (SSSR count). The van der Waals surface area contributed by atoms with Gasteiger partial charge in [0.15, 0.2) is 0 Å². The maximum absolute atomic E-state index is 11.8. The molecule has 122 valence electrons. The number of benzene rings is 2. The summed E-state index contributed by atoms with van der Waals surface area (Å²) in [5.74, 6) is 0.108. The van der Waals surface area contributed by atoms with E-state index in [2.05, 4.69) is 0 Å². The molecule has 0 radical (unpaired) electrons. The molecule has 0 aliphatic rings. The van der Waals surface area contributed by atoms with Gasteiger partial charge in [-0.05, 0) is 43.2 Å². The minimum atomic E-state index is -0.614. The molecule has 0 bridgehead atoms. The van der Waals surface area contributed by atoms with Crippen LogP contribution in [0.3, 0.4) is 0 Å². The molecule has 4 nitrogen and oxygen atoms in total. The second-order valence-electron chi connectivity index (χ2n) is 5.47. The van der Waals surface area contributed by atoms with Gasteiger partial charge in [-0.1, -0.05) is 42.5 Å². The van der Waals surface area contributed by atoms with Gasteiger partial charge >= 0.3 is 5.97 Å². The zero-order valence-corrected chi connectivity index (χ0v) is 13.7. The lowest BCUT2D eigenvalue weighted by atomic mass is 10.1. The molecule has 0 aliphatic heterocycles. The number of nitriles is 1. The Balaban J connectivity index is 2.01. The van der Waals surface area contributed by atoms with Gasteiger partial charge in [0.2, 0.25) is 0 Å². The first kappa shape index (κ1) is 17.3. The van der Waals surface area contributed by atoms with Gasteiger partial charge in [-0.25, -0.2) is 4.79 Å². The zero-order chi connectivity index (χ0) is 17.4. The molecule has 0 atom stereocenters. The summed E-state index contributed by atoms with van der Waals surface area (Å²) in [5, 5.41) is 9.09. The fourth-order valence-corrected chi connectivity index (χ4v) is 1.98. The number of carbonyl (C=O) groups excluding carboxylic acids is 1. The lowest BCUT2D eigenvalue weighted by Crippen LogP contribution is -2.12. The van der Waals surface area contributed by atoms with Crippen molar-refractivity contribution in [3.63, 3.8) is 0 Å². The third-order valence-electron chi connectivity index (χ3n) is 3.12. The highest BCUT2D eigenvalue weighted by atomic mass is 16.5. The standard InChI is InChI=1S/C20H19NO3/c1-15(2)24-20(22)18(13-21)12-16-8-10-19(11-9-16)23-14-17-6-4-3-5-7-17/h3-12,15H,14H2,1-2H3/b18-12-. The largest absolute Gasteiger partial charge is 0.489 e. The second kappa shape index (κ2) is 8.54. The van der Waals surface area contributed by atoms with E-state index in [1.54, 1.807) is 38.1 Å². The van der Waals surface area contributed by atoms with E-state index in [-0.39, 0.29) is 11.7 Å². The summed E-state index contributed by atoms with van der Waals surface area (Å²) in [7, 11) is 0. The van der Waals surface area contributed by atoms with Crippen molar-refractivity contribution in [3.8, 4) is 11.8 Å². The van der Waals surface area contributed by atoms with Gasteiger partial charge in [0.1, 0.15) is 24.0 Å². The van der Waals surface area contributed by atoms with Crippen LogP contribution in [0.15, 0.2) is 60.2 Å². The van der Waals surface area contributed by atoms with E-state index >= 15 is 0 Å². The Morgan fingerprint density at radius 2 is 1.79 bits per heavy atom. The number of hydrogen-bond acceptors (Lipinski definition) is 4. The number of esters is 1. The summed E-state index contributed by atoms with van der Waals surface area (Å²) in [4.78, 5) is 11.8. The van der Waals surface area contributed by atoms with Crippen molar-refractivity contribution in [1.29, 1.82) is 5.26 Å². The Hall–Kier alpha value is -3.06. The second-order valence-corrected chi connectivity index (χ2v) is 5.47. The molecule has 0 aliphatic carbocycles. The van der Waals surface area contributed by atoms with Crippen LogP contribution in [0.4, 0.5) is 0 Å². The maximum atomic E-state index is 11.8. The van der Waals surface area contributed by atoms with Gasteiger partial charge in [-0.3, -0.25) is 0 Å². The third kappa shape index (κ3) is 5.29. The SMILES string of the molecule is CC(C)OC(=O)/C(C#N)=C\c1ccc(OCc2ccccc2)cc1. The predicted octanol–water partition coefficient (Wildman–Crippen LogP) is 4.12. The molecule has 0 aromatic heterocycles. The van der Waals surface area contributed by atoms with E-state index in [0.717, 1.165) is 16.9 Å². The highest BCUT2D eigenvalue weighted by molar-refractivity contribution is 5.97. The van der Waals surface area contributed by atoms with Crippen molar-refractivity contribution in [3.05, 3.63) is 71.3 Å². The first-order valence-corrected chi connectivity index (χ1v) is 7.68. The minimum Gasteiger partial charge on any atom is -0.489 e. The highest BCUT2D eigenvalue weighted by Crippen LogP contribution is 2.16. The molecule has 0 unspecified atom stereocenters. The Morgan fingerprint density at radius 3 is 2.38 bits per heavy atom. The summed E-state index contributed by atoms with van der Waals surface area (Å²) in [6.07, 6.45) is 1.24. The molecule has 0 heterocycles. The number of ether oxygens (including phenoxy) is 2. The summed E-state index contributed by atoms with van der Waals surface area (Å²) in [6, 6.07) is 18.9. The molecule has 4 heteroatoms. The Morgan fingerprint density at radius 1 is 1.12 bits per heavy atom.